The lowest BCUT2D eigenvalue weighted by molar-refractivity contribution is 0.209. The predicted molar refractivity (Wildman–Crippen MR) is 119 cm³/mol. The normalized spacial score (nSPS) is 12.2. The summed E-state index contributed by atoms with van der Waals surface area (Å²) in [4.78, 5) is 13.5. The molecular weight excluding hydrogens is 400 g/mol. The molecule has 7 nitrogen and oxygen atoms in total. The molecule has 4 N–H and O–H groups in total. The van der Waals surface area contributed by atoms with E-state index >= 15 is 0 Å². The van der Waals surface area contributed by atoms with Crippen LogP contribution in [0.2, 0.25) is 0 Å². The van der Waals surface area contributed by atoms with E-state index in [-0.39, 0.29) is 51.2 Å². The number of phenols is 3. The summed E-state index contributed by atoms with van der Waals surface area (Å²) in [6.07, 6.45) is 1.05. The first-order chi connectivity index (χ1) is 14.6. The van der Waals surface area contributed by atoms with Crippen LogP contribution in [-0.2, 0) is 12.8 Å². The fourth-order valence-corrected chi connectivity index (χ4v) is 3.52. The smallest absolute Gasteiger partial charge is 0.204 e. The number of benzene rings is 2. The van der Waals surface area contributed by atoms with Crippen molar-refractivity contribution < 1.29 is 29.6 Å². The zero-order chi connectivity index (χ0) is 23.0. The van der Waals surface area contributed by atoms with Crippen molar-refractivity contribution in [1.29, 1.82) is 0 Å². The van der Waals surface area contributed by atoms with E-state index in [1.165, 1.54) is 19.2 Å². The van der Waals surface area contributed by atoms with Crippen molar-refractivity contribution in [3.63, 3.8) is 0 Å². The van der Waals surface area contributed by atoms with Gasteiger partial charge >= 0.3 is 0 Å². The molecule has 0 fully saturated rings. The second-order valence-corrected chi connectivity index (χ2v) is 7.86. The van der Waals surface area contributed by atoms with Crippen LogP contribution in [0.15, 0.2) is 45.1 Å². The molecule has 1 heterocycles. The standard InChI is InChI=1S/C24H26O7/c1-11(2)6-7-13-20-18(10-17(27)24(13)30-5)31-19-9-16(26)14(8-15(25)12(3)4)22(28)21(19)23(20)29/h6,9-10,15,25-28H,3,7-8H2,1-2,4-5H3/t15-/m1/s1. The van der Waals surface area contributed by atoms with Gasteiger partial charge in [-0.2, -0.15) is 0 Å². The molecule has 0 saturated carbocycles. The van der Waals surface area contributed by atoms with Gasteiger partial charge in [0.05, 0.1) is 18.6 Å². The number of hydrogen-bond acceptors (Lipinski definition) is 7. The third-order valence-corrected chi connectivity index (χ3v) is 5.23. The molecule has 0 amide bonds. The van der Waals surface area contributed by atoms with Crippen LogP contribution < -0.4 is 10.2 Å². The van der Waals surface area contributed by atoms with Gasteiger partial charge in [-0.1, -0.05) is 23.8 Å². The summed E-state index contributed by atoms with van der Waals surface area (Å²) in [5.74, 6) is -0.835. The summed E-state index contributed by atoms with van der Waals surface area (Å²) < 4.78 is 11.1. The van der Waals surface area contributed by atoms with Gasteiger partial charge in [0.1, 0.15) is 28.1 Å². The lowest BCUT2D eigenvalue weighted by Crippen LogP contribution is -2.13. The van der Waals surface area contributed by atoms with Crippen molar-refractivity contribution in [3.8, 4) is 23.0 Å². The highest BCUT2D eigenvalue weighted by atomic mass is 16.5. The van der Waals surface area contributed by atoms with Gasteiger partial charge in [-0.15, -0.1) is 0 Å². The molecule has 0 unspecified atom stereocenters. The maximum absolute atomic E-state index is 13.5. The summed E-state index contributed by atoms with van der Waals surface area (Å²) in [5.41, 5.74) is 1.42. The first-order valence-corrected chi connectivity index (χ1v) is 9.76. The second-order valence-electron chi connectivity index (χ2n) is 7.86. The van der Waals surface area contributed by atoms with Crippen molar-refractivity contribution in [2.45, 2.75) is 39.7 Å². The zero-order valence-corrected chi connectivity index (χ0v) is 17.9. The minimum atomic E-state index is -1.01. The Morgan fingerprint density at radius 1 is 1.10 bits per heavy atom. The Labute approximate surface area is 179 Å². The van der Waals surface area contributed by atoms with Crippen molar-refractivity contribution in [2.24, 2.45) is 0 Å². The van der Waals surface area contributed by atoms with Gasteiger partial charge in [-0.25, -0.2) is 0 Å². The highest BCUT2D eigenvalue weighted by Crippen LogP contribution is 2.40. The largest absolute Gasteiger partial charge is 0.507 e. The van der Waals surface area contributed by atoms with E-state index in [0.29, 0.717) is 17.6 Å². The number of ether oxygens (including phenoxy) is 1. The zero-order valence-electron chi connectivity index (χ0n) is 17.9. The molecule has 0 aliphatic carbocycles. The molecular formula is C24H26O7. The highest BCUT2D eigenvalue weighted by Gasteiger charge is 2.24. The van der Waals surface area contributed by atoms with E-state index < -0.39 is 17.3 Å². The number of methoxy groups -OCH3 is 1. The van der Waals surface area contributed by atoms with E-state index in [1.807, 2.05) is 19.9 Å². The average Bonchev–Trinajstić information content (AvgIpc) is 2.68. The monoisotopic (exact) mass is 426 g/mol. The van der Waals surface area contributed by atoms with Gasteiger partial charge in [0, 0.05) is 29.7 Å². The first kappa shape index (κ1) is 22.2. The Kier molecular flexibility index (Phi) is 5.99. The number of fused-ring (bicyclic) bond motifs is 2. The third-order valence-electron chi connectivity index (χ3n) is 5.23. The van der Waals surface area contributed by atoms with Crippen LogP contribution >= 0.6 is 0 Å². The Morgan fingerprint density at radius 3 is 2.29 bits per heavy atom. The minimum absolute atomic E-state index is 0.0197. The molecule has 7 heteroatoms. The molecule has 0 saturated heterocycles. The molecule has 0 bridgehead atoms. The van der Waals surface area contributed by atoms with E-state index in [4.69, 9.17) is 9.15 Å². The Bertz CT molecular complexity index is 1280. The van der Waals surface area contributed by atoms with E-state index in [9.17, 15) is 25.2 Å². The maximum Gasteiger partial charge on any atom is 0.204 e. The van der Waals surface area contributed by atoms with Crippen LogP contribution in [0.5, 0.6) is 23.0 Å². The van der Waals surface area contributed by atoms with Crippen molar-refractivity contribution >= 4 is 21.9 Å². The number of aliphatic hydroxyl groups excluding tert-OH is 1. The SMILES string of the molecule is C=C(C)[C@H](O)Cc1c(O)cc2oc3cc(O)c(OC)c(CC=C(C)C)c3c(=O)c2c1O. The number of allylic oxidation sites excluding steroid dienone is 2. The predicted octanol–water partition coefficient (Wildman–Crippen LogP) is 4.06. The molecule has 1 aromatic heterocycles. The summed E-state index contributed by atoms with van der Waals surface area (Å²) in [5, 5.41) is 41.8. The molecule has 0 radical (unpaired) electrons. The molecule has 31 heavy (non-hydrogen) atoms. The lowest BCUT2D eigenvalue weighted by atomic mass is 9.97. The quantitative estimate of drug-likeness (QED) is 0.346. The highest BCUT2D eigenvalue weighted by molar-refractivity contribution is 5.97. The number of aromatic hydroxyl groups is 3. The molecule has 0 aliphatic heterocycles. The maximum atomic E-state index is 13.5. The van der Waals surface area contributed by atoms with E-state index in [2.05, 4.69) is 6.58 Å². The Hall–Kier alpha value is -3.45. The Morgan fingerprint density at radius 2 is 1.71 bits per heavy atom. The van der Waals surface area contributed by atoms with E-state index in [0.717, 1.165) is 5.57 Å². The van der Waals surface area contributed by atoms with Crippen LogP contribution in [-0.4, -0.2) is 33.6 Å². The molecule has 3 rings (SSSR count). The first-order valence-electron chi connectivity index (χ1n) is 9.76. The number of hydrogen-bond donors (Lipinski definition) is 4. The van der Waals surface area contributed by atoms with Gasteiger partial charge in [0.25, 0.3) is 0 Å². The van der Waals surface area contributed by atoms with Crippen LogP contribution in [0.25, 0.3) is 21.9 Å². The lowest BCUT2D eigenvalue weighted by Gasteiger charge is -2.16. The minimum Gasteiger partial charge on any atom is -0.507 e. The molecule has 164 valence electrons. The number of aliphatic hydroxyl groups is 1. The third kappa shape index (κ3) is 3.96. The molecule has 1 atom stereocenters. The summed E-state index contributed by atoms with van der Waals surface area (Å²) in [6, 6.07) is 2.49. The van der Waals surface area contributed by atoms with Crippen molar-refractivity contribution in [1.82, 2.24) is 0 Å². The number of phenolic OH excluding ortho intramolecular Hbond substituents is 3. The van der Waals surface area contributed by atoms with Gasteiger partial charge < -0.3 is 29.6 Å². The summed E-state index contributed by atoms with van der Waals surface area (Å²) in [7, 11) is 1.39. The van der Waals surface area contributed by atoms with Crippen LogP contribution in [0.1, 0.15) is 31.9 Å². The molecule has 2 aromatic carbocycles. The fraction of sp³-hybridized carbons (Fsp3) is 0.292. The van der Waals surface area contributed by atoms with Gasteiger partial charge in [0.15, 0.2) is 11.5 Å². The van der Waals surface area contributed by atoms with Gasteiger partial charge in [-0.3, -0.25) is 4.79 Å². The fourth-order valence-electron chi connectivity index (χ4n) is 3.52. The van der Waals surface area contributed by atoms with Crippen LogP contribution in [0.3, 0.4) is 0 Å². The van der Waals surface area contributed by atoms with Crippen LogP contribution in [0.4, 0.5) is 0 Å². The van der Waals surface area contributed by atoms with Gasteiger partial charge in [0.2, 0.25) is 5.43 Å². The average molecular weight is 426 g/mol. The van der Waals surface area contributed by atoms with Crippen LogP contribution in [0, 0.1) is 0 Å². The number of rotatable bonds is 6. The van der Waals surface area contributed by atoms with Gasteiger partial charge in [-0.05, 0) is 27.2 Å². The van der Waals surface area contributed by atoms with Crippen molar-refractivity contribution in [3.05, 3.63) is 57.3 Å². The summed E-state index contributed by atoms with van der Waals surface area (Å²) >= 11 is 0. The van der Waals surface area contributed by atoms with Crippen molar-refractivity contribution in [2.75, 3.05) is 7.11 Å². The molecule has 3 aromatic rings. The molecule has 0 spiro atoms. The summed E-state index contributed by atoms with van der Waals surface area (Å²) in [6.45, 7) is 9.10. The van der Waals surface area contributed by atoms with E-state index in [1.54, 1.807) is 6.92 Å². The molecule has 0 aliphatic rings. The second kappa shape index (κ2) is 8.35. The Balaban J connectivity index is 2.42. The topological polar surface area (TPSA) is 120 Å².